The number of carbonyl (C=O) groups excluding carboxylic acids is 2. The second-order valence-corrected chi connectivity index (χ2v) is 15.9. The first kappa shape index (κ1) is 29.5. The van der Waals surface area contributed by atoms with Crippen molar-refractivity contribution in [2.45, 2.75) is 117 Å². The highest BCUT2D eigenvalue weighted by molar-refractivity contribution is 5.78. The second-order valence-electron chi connectivity index (χ2n) is 15.9. The van der Waals surface area contributed by atoms with E-state index in [0.717, 1.165) is 50.0 Å². The number of amides is 3. The molecule has 0 bridgehead atoms. The average Bonchev–Trinajstić information content (AvgIpc) is 3.69. The Morgan fingerprint density at radius 1 is 1.07 bits per heavy atom. The fourth-order valence-electron chi connectivity index (χ4n) is 10.8. The van der Waals surface area contributed by atoms with E-state index < -0.39 is 0 Å². The van der Waals surface area contributed by atoms with Crippen LogP contribution in [0.25, 0.3) is 0 Å². The molecule has 0 spiro atoms. The molecule has 5 aliphatic carbocycles. The van der Waals surface area contributed by atoms with Crippen molar-refractivity contribution in [2.24, 2.45) is 46.3 Å². The molecule has 1 heterocycles. The van der Waals surface area contributed by atoms with Crippen LogP contribution in [0.2, 0.25) is 0 Å². The molecule has 6 rings (SSSR count). The van der Waals surface area contributed by atoms with Gasteiger partial charge in [-0.3, -0.25) is 4.79 Å². The Labute approximate surface area is 249 Å². The highest BCUT2D eigenvalue weighted by Gasteiger charge is 2.59. The number of urea groups is 1. The lowest BCUT2D eigenvalue weighted by atomic mass is 9.47. The van der Waals surface area contributed by atoms with Gasteiger partial charge in [-0.15, -0.1) is 0 Å². The van der Waals surface area contributed by atoms with Gasteiger partial charge in [0.25, 0.3) is 0 Å². The van der Waals surface area contributed by atoms with Gasteiger partial charge in [-0.05, 0) is 124 Å². The molecule has 5 fully saturated rings. The third-order valence-corrected chi connectivity index (χ3v) is 13.4. The minimum atomic E-state index is -0.132. The number of allylic oxidation sites excluding steroid dienone is 1. The highest BCUT2D eigenvalue weighted by atomic mass is 16.3. The van der Waals surface area contributed by atoms with Gasteiger partial charge in [0.1, 0.15) is 0 Å². The van der Waals surface area contributed by atoms with Gasteiger partial charge in [-0.25, -0.2) is 4.79 Å². The molecule has 3 amide bonds. The van der Waals surface area contributed by atoms with Crippen LogP contribution in [0.3, 0.4) is 0 Å². The number of aliphatic hydroxyl groups is 1. The third-order valence-electron chi connectivity index (χ3n) is 13.4. The molecule has 1 saturated heterocycles. The molecular formula is C35H57N3O3. The quantitative estimate of drug-likeness (QED) is 0.381. The molecule has 6 nitrogen and oxygen atoms in total. The number of hydrogen-bond acceptors (Lipinski definition) is 3. The smallest absolute Gasteiger partial charge is 0.320 e. The van der Waals surface area contributed by atoms with Crippen molar-refractivity contribution in [3.63, 3.8) is 0 Å². The van der Waals surface area contributed by atoms with Gasteiger partial charge in [0.05, 0.1) is 6.10 Å². The fourth-order valence-corrected chi connectivity index (χ4v) is 10.8. The Balaban J connectivity index is 1.02. The van der Waals surface area contributed by atoms with Crippen LogP contribution in [0, 0.1) is 46.3 Å². The molecule has 0 radical (unpaired) electrons. The largest absolute Gasteiger partial charge is 0.393 e. The summed E-state index contributed by atoms with van der Waals surface area (Å²) in [5, 5.41) is 10.3. The van der Waals surface area contributed by atoms with Crippen molar-refractivity contribution in [3.8, 4) is 0 Å². The number of rotatable bonds is 6. The van der Waals surface area contributed by atoms with Gasteiger partial charge in [0.15, 0.2) is 0 Å². The number of fused-ring (bicyclic) bond motifs is 5. The Morgan fingerprint density at radius 3 is 2.59 bits per heavy atom. The van der Waals surface area contributed by atoms with Gasteiger partial charge < -0.3 is 19.8 Å². The predicted molar refractivity (Wildman–Crippen MR) is 163 cm³/mol. The summed E-state index contributed by atoms with van der Waals surface area (Å²) >= 11 is 0. The zero-order chi connectivity index (χ0) is 29.1. The summed E-state index contributed by atoms with van der Waals surface area (Å²) in [6, 6.07) is 0.201. The fraction of sp³-hybridized carbons (Fsp3) is 0.886. The summed E-state index contributed by atoms with van der Waals surface area (Å²) < 4.78 is 0. The van der Waals surface area contributed by atoms with Crippen LogP contribution in [-0.4, -0.2) is 77.1 Å². The van der Waals surface area contributed by atoms with E-state index in [2.05, 4.69) is 33.8 Å². The first-order valence-electron chi connectivity index (χ1n) is 17.2. The van der Waals surface area contributed by atoms with E-state index >= 15 is 0 Å². The zero-order valence-electron chi connectivity index (χ0n) is 26.6. The molecular weight excluding hydrogens is 510 g/mol. The lowest BCUT2D eigenvalue weighted by Crippen LogP contribution is -2.58. The van der Waals surface area contributed by atoms with Crippen molar-refractivity contribution < 1.29 is 14.7 Å². The number of piperazine rings is 1. The summed E-state index contributed by atoms with van der Waals surface area (Å²) in [5.74, 6) is 4.63. The van der Waals surface area contributed by atoms with Crippen LogP contribution in [0.1, 0.15) is 105 Å². The molecule has 230 valence electrons. The minimum absolute atomic E-state index is 0.0725. The molecule has 6 aliphatic rings. The van der Waals surface area contributed by atoms with Gasteiger partial charge in [0, 0.05) is 45.7 Å². The van der Waals surface area contributed by atoms with E-state index in [1.165, 1.54) is 44.9 Å². The molecule has 1 unspecified atom stereocenters. The zero-order valence-corrected chi connectivity index (χ0v) is 26.6. The van der Waals surface area contributed by atoms with E-state index in [4.69, 9.17) is 0 Å². The molecule has 41 heavy (non-hydrogen) atoms. The summed E-state index contributed by atoms with van der Waals surface area (Å²) in [6.07, 6.45) is 16.1. The van der Waals surface area contributed by atoms with Crippen molar-refractivity contribution in [1.29, 1.82) is 0 Å². The number of aliphatic hydroxyl groups excluding tert-OH is 1. The van der Waals surface area contributed by atoms with Gasteiger partial charge in [-0.1, -0.05) is 32.4 Å². The van der Waals surface area contributed by atoms with Crippen LogP contribution in [0.5, 0.6) is 0 Å². The molecule has 0 aromatic carbocycles. The summed E-state index contributed by atoms with van der Waals surface area (Å²) in [5.41, 5.74) is 2.26. The first-order valence-corrected chi connectivity index (χ1v) is 17.2. The SMILES string of the molecule is CC(CCC(=O)N1CCN(C(=O)N(C)CC2CC2)[C@@H](C)C1)[C@H]1CC[C@H]2[C@@H]3CC=C4C[C@@H](O)CC[C@]4(C)[C@H]3CC[C@]12C. The Hall–Kier alpha value is -1.56. The van der Waals surface area contributed by atoms with E-state index in [1.807, 2.05) is 21.7 Å². The van der Waals surface area contributed by atoms with E-state index in [-0.39, 0.29) is 24.1 Å². The lowest BCUT2D eigenvalue weighted by Gasteiger charge is -2.58. The van der Waals surface area contributed by atoms with Gasteiger partial charge in [-0.2, -0.15) is 0 Å². The van der Waals surface area contributed by atoms with Crippen LogP contribution in [-0.2, 0) is 4.79 Å². The maximum Gasteiger partial charge on any atom is 0.320 e. The predicted octanol–water partition coefficient (Wildman–Crippen LogP) is 6.34. The summed E-state index contributed by atoms with van der Waals surface area (Å²) in [6.45, 7) is 12.5. The van der Waals surface area contributed by atoms with Crippen LogP contribution < -0.4 is 0 Å². The molecule has 1 aliphatic heterocycles. The van der Waals surface area contributed by atoms with Crippen molar-refractivity contribution >= 4 is 11.9 Å². The molecule has 6 heteroatoms. The molecule has 0 aromatic rings. The van der Waals surface area contributed by atoms with Gasteiger partial charge in [0.2, 0.25) is 5.91 Å². The number of nitrogens with zero attached hydrogens (tertiary/aromatic N) is 3. The molecule has 9 atom stereocenters. The Morgan fingerprint density at radius 2 is 1.85 bits per heavy atom. The highest BCUT2D eigenvalue weighted by Crippen LogP contribution is 2.67. The molecule has 0 aromatic heterocycles. The molecule has 4 saturated carbocycles. The molecule has 1 N–H and O–H groups in total. The van der Waals surface area contributed by atoms with Crippen LogP contribution in [0.4, 0.5) is 4.79 Å². The van der Waals surface area contributed by atoms with E-state index in [0.29, 0.717) is 54.6 Å². The number of carbonyl (C=O) groups is 2. The van der Waals surface area contributed by atoms with E-state index in [9.17, 15) is 14.7 Å². The second kappa shape index (κ2) is 11.2. The van der Waals surface area contributed by atoms with Crippen LogP contribution in [0.15, 0.2) is 11.6 Å². The maximum atomic E-state index is 13.4. The average molecular weight is 568 g/mol. The topological polar surface area (TPSA) is 64.1 Å². The standard InChI is InChI=1S/C35H57N3O3/c1-23(6-13-32(40)37-18-19-38(24(2)21-37)33(41)36(5)22-25-7-8-25)29-11-12-30-28-10-9-26-20-27(39)14-16-34(26,3)31(28)15-17-35(29,30)4/h9,23-25,27-31,39H,6-8,10-22H2,1-5H3/t23?,24-,27-,28-,29+,30-,31-,34-,35+/m0/s1. The van der Waals surface area contributed by atoms with Crippen molar-refractivity contribution in [2.75, 3.05) is 33.2 Å². The summed E-state index contributed by atoms with van der Waals surface area (Å²) in [7, 11) is 1.93. The Bertz CT molecular complexity index is 1040. The monoisotopic (exact) mass is 567 g/mol. The van der Waals surface area contributed by atoms with E-state index in [1.54, 1.807) is 5.57 Å². The first-order chi connectivity index (χ1) is 19.5. The number of hydrogen-bond donors (Lipinski definition) is 1. The Kier molecular flexibility index (Phi) is 8.04. The van der Waals surface area contributed by atoms with Crippen molar-refractivity contribution in [3.05, 3.63) is 11.6 Å². The lowest BCUT2D eigenvalue weighted by molar-refractivity contribution is -0.134. The minimum Gasteiger partial charge on any atom is -0.393 e. The van der Waals surface area contributed by atoms with Gasteiger partial charge >= 0.3 is 6.03 Å². The normalized spacial score (nSPS) is 41.2. The van der Waals surface area contributed by atoms with Crippen molar-refractivity contribution in [1.82, 2.24) is 14.7 Å². The third kappa shape index (κ3) is 5.38. The maximum absolute atomic E-state index is 13.4. The summed E-state index contributed by atoms with van der Waals surface area (Å²) in [4.78, 5) is 32.2. The van der Waals surface area contributed by atoms with Crippen LogP contribution >= 0.6 is 0 Å².